The van der Waals surface area contributed by atoms with Gasteiger partial charge in [0.2, 0.25) is 11.9 Å². The summed E-state index contributed by atoms with van der Waals surface area (Å²) in [6, 6.07) is 1.50. The number of anilines is 3. The second kappa shape index (κ2) is 13.5. The molecule has 0 bridgehead atoms. The molecule has 12 heteroatoms. The molecule has 3 aromatic heterocycles. The van der Waals surface area contributed by atoms with Gasteiger partial charge in [-0.2, -0.15) is 10.1 Å². The van der Waals surface area contributed by atoms with Crippen molar-refractivity contribution >= 4 is 40.5 Å². The van der Waals surface area contributed by atoms with Crippen LogP contribution in [0.25, 0.3) is 11.0 Å². The van der Waals surface area contributed by atoms with Gasteiger partial charge in [0, 0.05) is 38.5 Å². The van der Waals surface area contributed by atoms with E-state index in [1.165, 1.54) is 4.90 Å². The minimum absolute atomic E-state index is 0.151. The van der Waals surface area contributed by atoms with Gasteiger partial charge in [-0.1, -0.05) is 18.8 Å². The van der Waals surface area contributed by atoms with E-state index < -0.39 is 17.7 Å². The Kier molecular flexibility index (Phi) is 9.83. The summed E-state index contributed by atoms with van der Waals surface area (Å²) in [5.74, 6) is 7.28. The Bertz CT molecular complexity index is 1480. The zero-order chi connectivity index (χ0) is 30.3. The average Bonchev–Trinajstić information content (AvgIpc) is 3.54. The van der Waals surface area contributed by atoms with Crippen LogP contribution >= 0.6 is 0 Å². The minimum Gasteiger partial charge on any atom is -0.444 e. The Morgan fingerprint density at radius 3 is 2.76 bits per heavy atom. The molecule has 224 valence electrons. The molecule has 12 nitrogen and oxygen atoms in total. The largest absolute Gasteiger partial charge is 0.444 e. The Hall–Kier alpha value is -4.40. The molecule has 0 spiro atoms. The van der Waals surface area contributed by atoms with Crippen molar-refractivity contribution in [1.29, 1.82) is 0 Å². The number of aryl methyl sites for hydroxylation is 2. The normalized spacial score (nSPS) is 14.8. The number of fused-ring (bicyclic) bond motifs is 1. The van der Waals surface area contributed by atoms with Gasteiger partial charge in [0.25, 0.3) is 0 Å². The highest BCUT2D eigenvalue weighted by molar-refractivity contribution is 5.86. The molecule has 3 aromatic rings. The van der Waals surface area contributed by atoms with Crippen molar-refractivity contribution in [1.82, 2.24) is 34.9 Å². The number of nitrogens with one attached hydrogen (secondary N) is 3. The lowest BCUT2D eigenvalue weighted by atomic mass is 10.2. The number of rotatable bonds is 9. The lowest BCUT2D eigenvalue weighted by Crippen LogP contribution is -2.47. The molecule has 0 unspecified atom stereocenters. The molecular weight excluding hydrogens is 534 g/mol. The maximum absolute atomic E-state index is 12.7. The first kappa shape index (κ1) is 30.6. The molecule has 4 heterocycles. The third kappa shape index (κ3) is 7.87. The molecule has 42 heavy (non-hydrogen) atoms. The summed E-state index contributed by atoms with van der Waals surface area (Å²) < 4.78 is 7.22. The first-order valence-electron chi connectivity index (χ1n) is 14.5. The van der Waals surface area contributed by atoms with E-state index in [-0.39, 0.29) is 5.91 Å². The van der Waals surface area contributed by atoms with E-state index in [9.17, 15) is 9.59 Å². The molecule has 1 aliphatic rings. The summed E-state index contributed by atoms with van der Waals surface area (Å²) in [4.78, 5) is 40.4. The van der Waals surface area contributed by atoms with E-state index in [0.29, 0.717) is 49.7 Å². The highest BCUT2D eigenvalue weighted by Gasteiger charge is 2.36. The van der Waals surface area contributed by atoms with Gasteiger partial charge in [-0.15, -0.1) is 0 Å². The van der Waals surface area contributed by atoms with Crippen LogP contribution in [-0.2, 0) is 16.6 Å². The Morgan fingerprint density at radius 2 is 2.00 bits per heavy atom. The van der Waals surface area contributed by atoms with Crippen molar-refractivity contribution in [3.63, 3.8) is 0 Å². The number of unbranched alkanes of at least 4 members (excludes halogenated alkanes) is 1. The van der Waals surface area contributed by atoms with Gasteiger partial charge in [0.1, 0.15) is 17.5 Å². The molecule has 1 saturated heterocycles. The molecule has 0 aromatic carbocycles. The van der Waals surface area contributed by atoms with Gasteiger partial charge in [0.05, 0.1) is 29.3 Å². The van der Waals surface area contributed by atoms with Gasteiger partial charge in [-0.25, -0.2) is 14.8 Å². The fourth-order valence-electron chi connectivity index (χ4n) is 4.66. The van der Waals surface area contributed by atoms with E-state index in [2.05, 4.69) is 54.8 Å². The van der Waals surface area contributed by atoms with Crippen LogP contribution in [0.2, 0.25) is 0 Å². The first-order valence-corrected chi connectivity index (χ1v) is 14.5. The maximum atomic E-state index is 12.7. The molecule has 0 radical (unpaired) electrons. The van der Waals surface area contributed by atoms with Crippen molar-refractivity contribution in [3.05, 3.63) is 29.7 Å². The zero-order valence-electron chi connectivity index (χ0n) is 25.4. The van der Waals surface area contributed by atoms with Crippen molar-refractivity contribution in [2.45, 2.75) is 78.4 Å². The topological polar surface area (TPSA) is 139 Å². The number of hydrogen-bond donors (Lipinski definition) is 3. The molecular formula is C30H41N9O3. The number of likely N-dealkylation sites (tertiary alicyclic amines) is 1. The summed E-state index contributed by atoms with van der Waals surface area (Å²) in [6.07, 6.45) is 6.62. The predicted octanol–water partition coefficient (Wildman–Crippen LogP) is 4.28. The average molecular weight is 576 g/mol. The van der Waals surface area contributed by atoms with Crippen molar-refractivity contribution < 1.29 is 14.3 Å². The van der Waals surface area contributed by atoms with Crippen LogP contribution in [0.1, 0.15) is 71.1 Å². The molecule has 2 amide bonds. The molecule has 1 atom stereocenters. The predicted molar refractivity (Wildman–Crippen MR) is 162 cm³/mol. The fraction of sp³-hybridized carbons (Fsp3) is 0.533. The summed E-state index contributed by atoms with van der Waals surface area (Å²) in [7, 11) is 1.87. The number of ether oxygens (including phenoxy) is 1. The number of pyridine rings is 1. The minimum atomic E-state index is -0.598. The van der Waals surface area contributed by atoms with E-state index in [1.54, 1.807) is 17.1 Å². The molecule has 0 saturated carbocycles. The van der Waals surface area contributed by atoms with Crippen LogP contribution in [0.4, 0.5) is 22.2 Å². The van der Waals surface area contributed by atoms with Gasteiger partial charge in [-0.05, 0) is 59.4 Å². The lowest BCUT2D eigenvalue weighted by Gasteiger charge is -2.28. The number of nitrogens with zero attached hydrogens (tertiary/aromatic N) is 6. The van der Waals surface area contributed by atoms with Crippen molar-refractivity contribution in [3.8, 4) is 11.8 Å². The Balaban J connectivity index is 1.32. The van der Waals surface area contributed by atoms with Gasteiger partial charge in [-0.3, -0.25) is 14.4 Å². The van der Waals surface area contributed by atoms with Crippen LogP contribution in [0, 0.1) is 18.8 Å². The summed E-state index contributed by atoms with van der Waals surface area (Å²) in [5.41, 5.74) is 2.59. The molecule has 0 aliphatic carbocycles. The van der Waals surface area contributed by atoms with Gasteiger partial charge < -0.3 is 20.7 Å². The van der Waals surface area contributed by atoms with E-state index in [0.717, 1.165) is 41.8 Å². The Morgan fingerprint density at radius 1 is 1.19 bits per heavy atom. The number of carbonyl (C=O) groups excluding carboxylic acids is 2. The highest BCUT2D eigenvalue weighted by Crippen LogP contribution is 2.23. The summed E-state index contributed by atoms with van der Waals surface area (Å²) in [6.45, 7) is 11.2. The quantitative estimate of drug-likeness (QED) is 0.252. The molecule has 3 N–H and O–H groups in total. The van der Waals surface area contributed by atoms with Gasteiger partial charge >= 0.3 is 6.09 Å². The summed E-state index contributed by atoms with van der Waals surface area (Å²) >= 11 is 0. The third-order valence-corrected chi connectivity index (χ3v) is 6.63. The molecule has 1 aliphatic heterocycles. The van der Waals surface area contributed by atoms with Crippen LogP contribution in [0.15, 0.2) is 18.5 Å². The zero-order valence-corrected chi connectivity index (χ0v) is 25.4. The third-order valence-electron chi connectivity index (χ3n) is 6.63. The number of hydrogen-bond acceptors (Lipinski definition) is 9. The van der Waals surface area contributed by atoms with Crippen LogP contribution < -0.4 is 16.0 Å². The van der Waals surface area contributed by atoms with Crippen molar-refractivity contribution in [2.75, 3.05) is 30.3 Å². The van der Waals surface area contributed by atoms with Crippen LogP contribution in [-0.4, -0.2) is 72.9 Å². The standard InChI is InChI=1S/C30H41N9O3/c1-7-14-31-25-21(18-34-28(36-25)35-22-17-23-20(2)37-38(6)26(23)33-19-22)12-9-8-10-15-32-27(40)24-13-11-16-39(24)29(41)42-30(3,4)5/h17-19,24H,7-8,10-11,13-16H2,1-6H3,(H,32,40)(H2,31,34,35,36)/t24-/m0/s1. The Labute approximate surface area is 247 Å². The molecule has 4 rings (SSSR count). The molecule has 1 fully saturated rings. The lowest BCUT2D eigenvalue weighted by molar-refractivity contribution is -0.125. The highest BCUT2D eigenvalue weighted by atomic mass is 16.6. The number of amides is 2. The smallest absolute Gasteiger partial charge is 0.410 e. The second-order valence-corrected chi connectivity index (χ2v) is 11.3. The SMILES string of the molecule is CCCNc1nc(Nc2cnc3c(c2)c(C)nn3C)ncc1C#CCCCNC(=O)[C@@H]1CCCN1C(=O)OC(C)(C)C. The number of aromatic nitrogens is 5. The van der Waals surface area contributed by atoms with E-state index >= 15 is 0 Å². The fourth-order valence-corrected chi connectivity index (χ4v) is 4.66. The monoisotopic (exact) mass is 575 g/mol. The van der Waals surface area contributed by atoms with E-state index in [1.807, 2.05) is 40.8 Å². The van der Waals surface area contributed by atoms with E-state index in [4.69, 9.17) is 4.74 Å². The van der Waals surface area contributed by atoms with Crippen LogP contribution in [0.3, 0.4) is 0 Å². The maximum Gasteiger partial charge on any atom is 0.410 e. The van der Waals surface area contributed by atoms with Crippen molar-refractivity contribution in [2.24, 2.45) is 7.05 Å². The first-order chi connectivity index (χ1) is 20.1. The van der Waals surface area contributed by atoms with Gasteiger partial charge in [0.15, 0.2) is 5.65 Å². The van der Waals surface area contributed by atoms with Crippen LogP contribution in [0.5, 0.6) is 0 Å². The second-order valence-electron chi connectivity index (χ2n) is 11.3. The summed E-state index contributed by atoms with van der Waals surface area (Å²) in [5, 5.41) is 14.9. The number of carbonyl (C=O) groups is 2.